The van der Waals surface area contributed by atoms with Gasteiger partial charge in [-0.05, 0) is 36.8 Å². The summed E-state index contributed by atoms with van der Waals surface area (Å²) in [6.45, 7) is 7.63. The van der Waals surface area contributed by atoms with Crippen molar-refractivity contribution in [2.75, 3.05) is 38.0 Å². The number of aryl methyl sites for hydroxylation is 1. The maximum absolute atomic E-state index is 12.4. The number of nitrogens with one attached hydrogen (secondary N) is 3. The normalized spacial score (nSPS) is 20.0. The van der Waals surface area contributed by atoms with Gasteiger partial charge in [0.05, 0.1) is 0 Å². The summed E-state index contributed by atoms with van der Waals surface area (Å²) in [5, 5.41) is 4.40. The van der Waals surface area contributed by atoms with E-state index >= 15 is 0 Å². The summed E-state index contributed by atoms with van der Waals surface area (Å²) in [5.41, 5.74) is 3.13. The number of carbonyl (C=O) groups excluding carboxylic acids is 1. The SMILES string of the molecule is Cc1ccc(Cl)cc1NC(=O)C[NH+]1CC[NH+](Cc2ccc(Cl)cc2)CC1. The summed E-state index contributed by atoms with van der Waals surface area (Å²) >= 11 is 12.0. The molecule has 0 aliphatic carbocycles. The highest BCUT2D eigenvalue weighted by molar-refractivity contribution is 6.31. The number of hydrogen-bond donors (Lipinski definition) is 3. The van der Waals surface area contributed by atoms with E-state index in [1.54, 1.807) is 11.0 Å². The highest BCUT2D eigenvalue weighted by Crippen LogP contribution is 2.19. The maximum Gasteiger partial charge on any atom is 0.279 e. The standard InChI is InChI=1S/C20H23Cl2N3O/c1-15-2-5-18(22)12-19(15)23-20(26)14-25-10-8-24(9-11-25)13-16-3-6-17(21)7-4-16/h2-7,12H,8-11,13-14H2,1H3,(H,23,26)/p+2. The minimum atomic E-state index is 0.0477. The largest absolute Gasteiger partial charge is 0.322 e. The van der Waals surface area contributed by atoms with E-state index < -0.39 is 0 Å². The summed E-state index contributed by atoms with van der Waals surface area (Å²) in [4.78, 5) is 15.2. The van der Waals surface area contributed by atoms with Gasteiger partial charge in [-0.2, -0.15) is 0 Å². The van der Waals surface area contributed by atoms with Crippen molar-refractivity contribution in [3.63, 3.8) is 0 Å². The van der Waals surface area contributed by atoms with E-state index in [0.717, 1.165) is 49.0 Å². The van der Waals surface area contributed by atoms with Crippen LogP contribution in [0.1, 0.15) is 11.1 Å². The molecule has 2 aromatic carbocycles. The highest BCUT2D eigenvalue weighted by Gasteiger charge is 2.25. The Kier molecular flexibility index (Phi) is 6.54. The van der Waals surface area contributed by atoms with Crippen molar-refractivity contribution >= 4 is 34.8 Å². The predicted molar refractivity (Wildman–Crippen MR) is 106 cm³/mol. The monoisotopic (exact) mass is 393 g/mol. The third-order valence-corrected chi connectivity index (χ3v) is 5.40. The smallest absolute Gasteiger partial charge is 0.279 e. The zero-order valence-electron chi connectivity index (χ0n) is 14.9. The first-order valence-electron chi connectivity index (χ1n) is 8.97. The van der Waals surface area contributed by atoms with Gasteiger partial charge in [0.15, 0.2) is 6.54 Å². The number of rotatable bonds is 5. The molecule has 1 amide bonds. The summed E-state index contributed by atoms with van der Waals surface area (Å²) in [6.07, 6.45) is 0. The van der Waals surface area contributed by atoms with E-state index in [4.69, 9.17) is 23.2 Å². The molecule has 1 heterocycles. The molecule has 0 radical (unpaired) electrons. The Balaban J connectivity index is 1.45. The average Bonchev–Trinajstić information content (AvgIpc) is 2.62. The number of halogens is 2. The summed E-state index contributed by atoms with van der Waals surface area (Å²) in [5.74, 6) is 0.0477. The van der Waals surface area contributed by atoms with E-state index in [2.05, 4.69) is 17.4 Å². The molecule has 0 bridgehead atoms. The van der Waals surface area contributed by atoms with Crippen molar-refractivity contribution < 1.29 is 14.6 Å². The Morgan fingerprint density at radius 1 is 0.962 bits per heavy atom. The number of anilines is 1. The number of amides is 1. The third kappa shape index (κ3) is 5.45. The summed E-state index contributed by atoms with van der Waals surface area (Å²) in [7, 11) is 0. The molecule has 138 valence electrons. The van der Waals surface area contributed by atoms with Crippen LogP contribution in [0.15, 0.2) is 42.5 Å². The molecule has 2 aromatic rings. The van der Waals surface area contributed by atoms with E-state index in [9.17, 15) is 4.79 Å². The van der Waals surface area contributed by atoms with Gasteiger partial charge >= 0.3 is 0 Å². The Hall–Kier alpha value is -1.59. The van der Waals surface area contributed by atoms with Crippen LogP contribution >= 0.6 is 23.2 Å². The van der Waals surface area contributed by atoms with E-state index in [1.165, 1.54) is 10.5 Å². The zero-order valence-corrected chi connectivity index (χ0v) is 16.5. The molecule has 1 aliphatic heterocycles. The van der Waals surface area contributed by atoms with Gasteiger partial charge in [0, 0.05) is 21.3 Å². The quantitative estimate of drug-likeness (QED) is 0.701. The van der Waals surface area contributed by atoms with Gasteiger partial charge in [0.2, 0.25) is 0 Å². The van der Waals surface area contributed by atoms with Crippen LogP contribution < -0.4 is 15.1 Å². The Labute approximate surface area is 164 Å². The van der Waals surface area contributed by atoms with E-state index in [-0.39, 0.29) is 5.91 Å². The molecule has 1 aliphatic rings. The molecule has 26 heavy (non-hydrogen) atoms. The maximum atomic E-state index is 12.4. The van der Waals surface area contributed by atoms with Crippen LogP contribution in [-0.2, 0) is 11.3 Å². The number of hydrogen-bond acceptors (Lipinski definition) is 1. The minimum absolute atomic E-state index is 0.0477. The van der Waals surface area contributed by atoms with Crippen LogP contribution in [0.4, 0.5) is 5.69 Å². The molecule has 0 unspecified atom stereocenters. The predicted octanol–water partition coefficient (Wildman–Crippen LogP) is 1.22. The van der Waals surface area contributed by atoms with Crippen molar-refractivity contribution in [3.05, 3.63) is 63.6 Å². The van der Waals surface area contributed by atoms with Gasteiger partial charge in [-0.25, -0.2) is 0 Å². The van der Waals surface area contributed by atoms with Crippen molar-refractivity contribution in [1.29, 1.82) is 0 Å². The molecule has 1 fully saturated rings. The lowest BCUT2D eigenvalue weighted by molar-refractivity contribution is -1.02. The lowest BCUT2D eigenvalue weighted by Crippen LogP contribution is -3.28. The van der Waals surface area contributed by atoms with Crippen molar-refractivity contribution in [2.24, 2.45) is 0 Å². The molecule has 0 saturated carbocycles. The van der Waals surface area contributed by atoms with Crippen molar-refractivity contribution in [1.82, 2.24) is 0 Å². The molecule has 3 N–H and O–H groups in total. The molecular formula is C20H25Cl2N3O+2. The fraction of sp³-hybridized carbons (Fsp3) is 0.350. The number of benzene rings is 2. The number of carbonyl (C=O) groups is 1. The van der Waals surface area contributed by atoms with Crippen molar-refractivity contribution in [2.45, 2.75) is 13.5 Å². The first kappa shape index (κ1) is 19.2. The molecule has 6 heteroatoms. The molecular weight excluding hydrogens is 369 g/mol. The Morgan fingerprint density at radius 2 is 1.58 bits per heavy atom. The van der Waals surface area contributed by atoms with Crippen LogP contribution in [0.3, 0.4) is 0 Å². The number of piperazine rings is 1. The van der Waals surface area contributed by atoms with Gasteiger partial charge in [-0.3, -0.25) is 4.79 Å². The van der Waals surface area contributed by atoms with Gasteiger partial charge in [-0.15, -0.1) is 0 Å². The fourth-order valence-electron chi connectivity index (χ4n) is 3.35. The topological polar surface area (TPSA) is 38.0 Å². The Bertz CT molecular complexity index is 756. The lowest BCUT2D eigenvalue weighted by atomic mass is 10.2. The second-order valence-electron chi connectivity index (χ2n) is 6.99. The first-order valence-corrected chi connectivity index (χ1v) is 9.73. The van der Waals surface area contributed by atoms with Crippen molar-refractivity contribution in [3.8, 4) is 0 Å². The van der Waals surface area contributed by atoms with Crippen LogP contribution in [0.5, 0.6) is 0 Å². The van der Waals surface area contributed by atoms with Crippen LogP contribution in [0.2, 0.25) is 10.0 Å². The number of quaternary nitrogens is 2. The highest BCUT2D eigenvalue weighted by atomic mass is 35.5. The van der Waals surface area contributed by atoms with E-state index in [0.29, 0.717) is 11.6 Å². The molecule has 0 atom stereocenters. The molecule has 1 saturated heterocycles. The summed E-state index contributed by atoms with van der Waals surface area (Å²) in [6, 6.07) is 13.6. The van der Waals surface area contributed by atoms with Crippen LogP contribution in [0.25, 0.3) is 0 Å². The zero-order chi connectivity index (χ0) is 18.5. The molecule has 0 aromatic heterocycles. The molecule has 0 spiro atoms. The average molecular weight is 394 g/mol. The third-order valence-electron chi connectivity index (χ3n) is 4.92. The van der Waals surface area contributed by atoms with Gasteiger partial charge in [-0.1, -0.05) is 41.4 Å². The van der Waals surface area contributed by atoms with E-state index in [1.807, 2.05) is 31.2 Å². The second-order valence-corrected chi connectivity index (χ2v) is 7.86. The Morgan fingerprint density at radius 3 is 2.27 bits per heavy atom. The van der Waals surface area contributed by atoms with Crippen LogP contribution in [-0.4, -0.2) is 38.6 Å². The van der Waals surface area contributed by atoms with Gasteiger partial charge in [0.1, 0.15) is 32.7 Å². The van der Waals surface area contributed by atoms with Crippen LogP contribution in [0, 0.1) is 6.92 Å². The minimum Gasteiger partial charge on any atom is -0.322 e. The molecule has 3 rings (SSSR count). The van der Waals surface area contributed by atoms with Gasteiger partial charge < -0.3 is 15.1 Å². The lowest BCUT2D eigenvalue weighted by Gasteiger charge is -2.29. The van der Waals surface area contributed by atoms with Gasteiger partial charge in [0.25, 0.3) is 5.91 Å². The summed E-state index contributed by atoms with van der Waals surface area (Å²) < 4.78 is 0. The second kappa shape index (κ2) is 8.87. The fourth-order valence-corrected chi connectivity index (χ4v) is 3.65. The first-order chi connectivity index (χ1) is 12.5. The molecule has 4 nitrogen and oxygen atoms in total.